The zero-order valence-corrected chi connectivity index (χ0v) is 20.1. The van der Waals surface area contributed by atoms with Gasteiger partial charge in [-0.25, -0.2) is 0 Å². The number of carbonyl (C=O) groups excluding carboxylic acids is 1. The van der Waals surface area contributed by atoms with Crippen molar-refractivity contribution in [3.05, 3.63) is 76.5 Å². The van der Waals surface area contributed by atoms with E-state index in [0.717, 1.165) is 22.4 Å². The molecule has 33 heavy (non-hydrogen) atoms. The number of nitrogens with two attached hydrogens (primary N) is 1. The molecular weight excluding hydrogens is 434 g/mol. The van der Waals surface area contributed by atoms with Gasteiger partial charge in [0.2, 0.25) is 14.2 Å². The lowest BCUT2D eigenvalue weighted by atomic mass is 9.99. The summed E-state index contributed by atoms with van der Waals surface area (Å²) in [5, 5.41) is 8.54. The fraction of sp³-hybridized carbons (Fsp3) is 0.250. The van der Waals surface area contributed by atoms with Crippen LogP contribution in [-0.2, 0) is 4.79 Å². The molecule has 1 atom stereocenters. The van der Waals surface area contributed by atoms with E-state index in [2.05, 4.69) is 10.2 Å². The van der Waals surface area contributed by atoms with Gasteiger partial charge in [0.25, 0.3) is 0 Å². The maximum atomic E-state index is 11.9. The Morgan fingerprint density at radius 1 is 1.21 bits per heavy atom. The highest BCUT2D eigenvalue weighted by atomic mass is 28.4. The van der Waals surface area contributed by atoms with E-state index in [4.69, 9.17) is 15.5 Å². The van der Waals surface area contributed by atoms with Gasteiger partial charge in [-0.2, -0.15) is 0 Å². The van der Waals surface area contributed by atoms with E-state index >= 15 is 0 Å². The van der Waals surface area contributed by atoms with Crippen molar-refractivity contribution in [2.75, 3.05) is 7.11 Å². The summed E-state index contributed by atoms with van der Waals surface area (Å²) in [5.41, 5.74) is 11.7. The van der Waals surface area contributed by atoms with Gasteiger partial charge in [-0.1, -0.05) is 36.0 Å². The highest BCUT2D eigenvalue weighted by molar-refractivity contribution is 6.75. The minimum atomic E-state index is -2.29. The molecule has 0 radical (unpaired) electrons. The number of aliphatic imine (C=N–C) groups is 1. The molecule has 170 valence electrons. The molecule has 0 fully saturated rings. The van der Waals surface area contributed by atoms with Crippen LogP contribution in [0.2, 0.25) is 13.1 Å². The van der Waals surface area contributed by atoms with Gasteiger partial charge in [-0.3, -0.25) is 14.4 Å². The van der Waals surface area contributed by atoms with Gasteiger partial charge in [0.1, 0.15) is 17.6 Å². The van der Waals surface area contributed by atoms with Crippen molar-refractivity contribution >= 4 is 26.0 Å². The number of aryl methyl sites for hydroxylation is 1. The van der Waals surface area contributed by atoms with E-state index in [1.807, 2.05) is 78.8 Å². The quantitative estimate of drug-likeness (QED) is 0.547. The van der Waals surface area contributed by atoms with Crippen LogP contribution in [0.1, 0.15) is 40.8 Å². The molecule has 2 heterocycles. The van der Waals surface area contributed by atoms with Crippen molar-refractivity contribution in [2.24, 2.45) is 10.7 Å². The molecule has 3 N–H and O–H groups in total. The number of nitrogens with zero attached hydrogens (tertiary/aromatic N) is 4. The molecule has 0 saturated heterocycles. The minimum absolute atomic E-state index is 0.0176. The zero-order chi connectivity index (χ0) is 23.8. The molecule has 4 rings (SSSR count). The molecule has 0 bridgehead atoms. The number of benzene rings is 2. The number of aromatic nitrogens is 3. The predicted octanol–water partition coefficient (Wildman–Crippen LogP) is 3.10. The first-order valence-corrected chi connectivity index (χ1v) is 13.7. The van der Waals surface area contributed by atoms with Crippen LogP contribution in [0.3, 0.4) is 0 Å². The summed E-state index contributed by atoms with van der Waals surface area (Å²) in [6, 6.07) is 13.1. The van der Waals surface area contributed by atoms with Crippen LogP contribution in [0, 0.1) is 6.92 Å². The lowest BCUT2D eigenvalue weighted by Crippen LogP contribution is -2.21. The molecule has 1 aromatic heterocycles. The van der Waals surface area contributed by atoms with E-state index in [-0.39, 0.29) is 6.42 Å². The second-order valence-electron chi connectivity index (χ2n) is 8.60. The third-order valence-corrected chi connectivity index (χ3v) is 6.38. The number of fused-ring (bicyclic) bond motifs is 3. The standard InChI is InChI=1S/C24H27N5O3Si/c1-15-27-28-24-20(14-22(25)30)26-23(19-13-18(32-2)9-10-21(19)29(15)24)17-7-5-16(6-8-17)11-12-33(3,4)31/h5-13,20,31H,14H2,1-4H3,(H2,25,30)/t20-/m0/s1. The van der Waals surface area contributed by atoms with E-state index in [1.165, 1.54) is 0 Å². The Bertz CT molecular complexity index is 1260. The van der Waals surface area contributed by atoms with Gasteiger partial charge >= 0.3 is 0 Å². The summed E-state index contributed by atoms with van der Waals surface area (Å²) in [6.07, 6.45) is 1.95. The van der Waals surface area contributed by atoms with Crippen LogP contribution < -0.4 is 10.5 Å². The van der Waals surface area contributed by atoms with Gasteiger partial charge in [0.15, 0.2) is 5.82 Å². The highest BCUT2D eigenvalue weighted by Gasteiger charge is 2.29. The molecule has 9 heteroatoms. The molecular formula is C24H27N5O3Si. The smallest absolute Gasteiger partial charge is 0.220 e. The Morgan fingerprint density at radius 3 is 2.58 bits per heavy atom. The molecule has 1 amide bonds. The largest absolute Gasteiger partial charge is 0.497 e. The van der Waals surface area contributed by atoms with E-state index < -0.39 is 20.3 Å². The normalized spacial score (nSPS) is 15.5. The molecule has 3 aromatic rings. The number of primary amides is 1. The fourth-order valence-corrected chi connectivity index (χ4v) is 4.41. The first-order chi connectivity index (χ1) is 15.7. The third-order valence-electron chi connectivity index (χ3n) is 5.39. The summed E-state index contributed by atoms with van der Waals surface area (Å²) in [7, 11) is -0.668. The number of hydrogen-bond acceptors (Lipinski definition) is 6. The number of hydrogen-bond donors (Lipinski definition) is 2. The van der Waals surface area contributed by atoms with Crippen LogP contribution >= 0.6 is 0 Å². The Labute approximate surface area is 193 Å². The van der Waals surface area contributed by atoms with Crippen molar-refractivity contribution in [3.63, 3.8) is 0 Å². The molecule has 0 saturated carbocycles. The summed E-state index contributed by atoms with van der Waals surface area (Å²) in [6.45, 7) is 5.59. The van der Waals surface area contributed by atoms with Crippen LogP contribution in [0.25, 0.3) is 11.8 Å². The number of methoxy groups -OCH3 is 1. The van der Waals surface area contributed by atoms with Crippen LogP contribution in [0.15, 0.2) is 53.2 Å². The molecule has 1 aliphatic heterocycles. The summed E-state index contributed by atoms with van der Waals surface area (Å²) in [5.74, 6) is 1.49. The molecule has 0 unspecified atom stereocenters. The maximum absolute atomic E-state index is 11.9. The summed E-state index contributed by atoms with van der Waals surface area (Å²) in [4.78, 5) is 26.9. The second kappa shape index (κ2) is 8.76. The Kier molecular flexibility index (Phi) is 6.01. The Balaban J connectivity index is 1.88. The van der Waals surface area contributed by atoms with Gasteiger partial charge in [-0.15, -0.1) is 10.2 Å². The van der Waals surface area contributed by atoms with Crippen LogP contribution in [0.4, 0.5) is 0 Å². The molecule has 2 aromatic carbocycles. The third kappa shape index (κ3) is 4.79. The number of amides is 1. The highest BCUT2D eigenvalue weighted by Crippen LogP contribution is 2.34. The van der Waals surface area contributed by atoms with Gasteiger partial charge in [-0.05, 0) is 43.8 Å². The zero-order valence-electron chi connectivity index (χ0n) is 19.1. The van der Waals surface area contributed by atoms with Gasteiger partial charge in [0.05, 0.1) is 24.9 Å². The van der Waals surface area contributed by atoms with E-state index in [0.29, 0.717) is 23.1 Å². The molecule has 0 spiro atoms. The first kappa shape index (κ1) is 22.6. The van der Waals surface area contributed by atoms with Crippen molar-refractivity contribution in [2.45, 2.75) is 32.5 Å². The number of ether oxygens (including phenoxy) is 1. The maximum Gasteiger partial charge on any atom is 0.220 e. The van der Waals surface area contributed by atoms with Crippen molar-refractivity contribution in [3.8, 4) is 11.4 Å². The Hall–Kier alpha value is -3.56. The lowest BCUT2D eigenvalue weighted by Gasteiger charge is -2.14. The van der Waals surface area contributed by atoms with E-state index in [9.17, 15) is 9.59 Å². The Morgan fingerprint density at radius 2 is 1.94 bits per heavy atom. The molecule has 8 nitrogen and oxygen atoms in total. The number of rotatable bonds is 6. The number of carbonyl (C=O) groups is 1. The second-order valence-corrected chi connectivity index (χ2v) is 12.2. The summed E-state index contributed by atoms with van der Waals surface area (Å²) < 4.78 is 7.40. The SMILES string of the molecule is COc1ccc2c(c1)C(c1ccc(C=C[Si](C)(C)O)cc1)=N[C@@H](CC(N)=O)c1nnc(C)n1-2. The van der Waals surface area contributed by atoms with E-state index in [1.54, 1.807) is 7.11 Å². The topological polar surface area (TPSA) is 116 Å². The average molecular weight is 462 g/mol. The van der Waals surface area contributed by atoms with Crippen LogP contribution in [0.5, 0.6) is 5.75 Å². The molecule has 1 aliphatic rings. The van der Waals surface area contributed by atoms with Crippen molar-refractivity contribution in [1.29, 1.82) is 0 Å². The van der Waals surface area contributed by atoms with Gasteiger partial charge in [0, 0.05) is 11.1 Å². The van der Waals surface area contributed by atoms with Crippen molar-refractivity contribution in [1.82, 2.24) is 14.8 Å². The van der Waals surface area contributed by atoms with Crippen LogP contribution in [-0.4, -0.2) is 46.6 Å². The van der Waals surface area contributed by atoms with Crippen molar-refractivity contribution < 1.29 is 14.3 Å². The fourth-order valence-electron chi connectivity index (χ4n) is 3.81. The monoisotopic (exact) mass is 461 g/mol. The predicted molar refractivity (Wildman–Crippen MR) is 130 cm³/mol. The first-order valence-electron chi connectivity index (χ1n) is 10.6. The lowest BCUT2D eigenvalue weighted by molar-refractivity contribution is -0.118. The molecule has 0 aliphatic carbocycles. The minimum Gasteiger partial charge on any atom is -0.497 e. The summed E-state index contributed by atoms with van der Waals surface area (Å²) >= 11 is 0. The van der Waals surface area contributed by atoms with Gasteiger partial charge < -0.3 is 15.3 Å². The average Bonchev–Trinajstić information content (AvgIpc) is 3.09.